The second kappa shape index (κ2) is 6.33. The van der Waals surface area contributed by atoms with Gasteiger partial charge in [0.05, 0.1) is 0 Å². The molecule has 0 aliphatic carbocycles. The van der Waals surface area contributed by atoms with E-state index in [0.717, 1.165) is 0 Å². The molecule has 0 aliphatic rings. The van der Waals surface area contributed by atoms with Gasteiger partial charge in [-0.3, -0.25) is 0 Å². The summed E-state index contributed by atoms with van der Waals surface area (Å²) in [5.41, 5.74) is 6.18. The van der Waals surface area contributed by atoms with Gasteiger partial charge in [0.15, 0.2) is 0 Å². The van der Waals surface area contributed by atoms with Crippen molar-refractivity contribution in [3.63, 3.8) is 0 Å². The summed E-state index contributed by atoms with van der Waals surface area (Å²) < 4.78 is 13.5. The summed E-state index contributed by atoms with van der Waals surface area (Å²) in [7, 11) is 0. The predicted molar refractivity (Wildman–Crippen MR) is 71.1 cm³/mol. The monoisotopic (exact) mass is 260 g/mol. The zero-order chi connectivity index (χ0) is 13.7. The first-order valence-electron chi connectivity index (χ1n) is 6.33. The van der Waals surface area contributed by atoms with Crippen LogP contribution in [-0.4, -0.2) is 21.5 Å². The summed E-state index contributed by atoms with van der Waals surface area (Å²) in [6.45, 7) is 2.34. The zero-order valence-corrected chi connectivity index (χ0v) is 10.9. The van der Waals surface area contributed by atoms with Crippen LogP contribution in [0.3, 0.4) is 0 Å². The van der Waals surface area contributed by atoms with E-state index in [1.165, 1.54) is 6.07 Å². The molecule has 0 atom stereocenters. The molecule has 1 heterocycles. The second-order valence-corrected chi connectivity index (χ2v) is 4.35. The Kier molecular flexibility index (Phi) is 4.52. The van der Waals surface area contributed by atoms with Crippen molar-refractivity contribution in [1.29, 1.82) is 0 Å². The summed E-state index contributed by atoms with van der Waals surface area (Å²) in [5.74, 6) is 1.90. The van der Waals surface area contributed by atoms with E-state index >= 15 is 0 Å². The van der Waals surface area contributed by atoms with E-state index in [1.54, 1.807) is 12.1 Å². The van der Waals surface area contributed by atoms with E-state index in [0.29, 0.717) is 48.8 Å². The van der Waals surface area contributed by atoms with Crippen LogP contribution < -0.4 is 5.73 Å². The Hall–Kier alpha value is -1.88. The van der Waals surface area contributed by atoms with Crippen molar-refractivity contribution in [3.8, 4) is 0 Å². The highest BCUT2D eigenvalue weighted by Crippen LogP contribution is 2.09. The Morgan fingerprint density at radius 3 is 2.37 bits per heavy atom. The van der Waals surface area contributed by atoms with E-state index in [-0.39, 0.29) is 5.82 Å². The number of aromatic nitrogens is 3. The fourth-order valence-electron chi connectivity index (χ4n) is 1.90. The molecule has 0 fully saturated rings. The third kappa shape index (κ3) is 3.79. The van der Waals surface area contributed by atoms with Crippen molar-refractivity contribution in [2.45, 2.75) is 26.2 Å². The highest BCUT2D eigenvalue weighted by atomic mass is 19.1. The maximum atomic E-state index is 13.5. The van der Waals surface area contributed by atoms with Crippen molar-refractivity contribution in [1.82, 2.24) is 15.0 Å². The van der Waals surface area contributed by atoms with Crippen LogP contribution in [0, 0.1) is 12.7 Å². The molecule has 0 spiro atoms. The van der Waals surface area contributed by atoms with Gasteiger partial charge in [-0.05, 0) is 31.5 Å². The van der Waals surface area contributed by atoms with Gasteiger partial charge in [-0.2, -0.15) is 0 Å². The molecule has 5 heteroatoms. The molecule has 0 unspecified atom stereocenters. The molecule has 0 saturated heterocycles. The minimum absolute atomic E-state index is 0.185. The molecule has 1 aromatic carbocycles. The Balaban J connectivity index is 2.09. The van der Waals surface area contributed by atoms with Gasteiger partial charge in [0, 0.05) is 12.8 Å². The lowest BCUT2D eigenvalue weighted by atomic mass is 10.1. The average Bonchev–Trinajstić information content (AvgIpc) is 2.37. The van der Waals surface area contributed by atoms with Crippen LogP contribution in [0.15, 0.2) is 24.3 Å². The summed E-state index contributed by atoms with van der Waals surface area (Å²) in [5, 5.41) is 0. The molecule has 0 amide bonds. The van der Waals surface area contributed by atoms with Crippen LogP contribution in [0.1, 0.15) is 23.0 Å². The number of nitrogens with zero attached hydrogens (tertiary/aromatic N) is 3. The van der Waals surface area contributed by atoms with Crippen molar-refractivity contribution in [2.24, 2.45) is 5.73 Å². The molecular weight excluding hydrogens is 243 g/mol. The molecule has 0 aliphatic heterocycles. The number of rotatable bonds is 5. The SMILES string of the molecule is Cc1nc(CCN)nc(CCc2ccccc2F)n1. The van der Waals surface area contributed by atoms with Gasteiger partial charge in [-0.25, -0.2) is 19.3 Å². The number of halogens is 1. The molecule has 19 heavy (non-hydrogen) atoms. The lowest BCUT2D eigenvalue weighted by molar-refractivity contribution is 0.606. The van der Waals surface area contributed by atoms with Gasteiger partial charge in [0.2, 0.25) is 0 Å². The van der Waals surface area contributed by atoms with Gasteiger partial charge in [0.1, 0.15) is 23.3 Å². The van der Waals surface area contributed by atoms with Gasteiger partial charge in [-0.1, -0.05) is 18.2 Å². The van der Waals surface area contributed by atoms with Crippen LogP contribution in [-0.2, 0) is 19.3 Å². The average molecular weight is 260 g/mol. The summed E-state index contributed by atoms with van der Waals surface area (Å²) in [6.07, 6.45) is 1.82. The fourth-order valence-corrected chi connectivity index (χ4v) is 1.90. The Morgan fingerprint density at radius 1 is 1.00 bits per heavy atom. The predicted octanol–water partition coefficient (Wildman–Crippen LogP) is 1.61. The number of aryl methyl sites for hydroxylation is 3. The zero-order valence-electron chi connectivity index (χ0n) is 10.9. The van der Waals surface area contributed by atoms with E-state index in [2.05, 4.69) is 15.0 Å². The third-order valence-corrected chi connectivity index (χ3v) is 2.78. The number of benzene rings is 1. The smallest absolute Gasteiger partial charge is 0.133 e. The van der Waals surface area contributed by atoms with Crippen molar-refractivity contribution < 1.29 is 4.39 Å². The normalized spacial score (nSPS) is 10.7. The van der Waals surface area contributed by atoms with E-state index in [4.69, 9.17) is 5.73 Å². The second-order valence-electron chi connectivity index (χ2n) is 4.35. The van der Waals surface area contributed by atoms with E-state index in [9.17, 15) is 4.39 Å². The first kappa shape index (κ1) is 13.5. The third-order valence-electron chi connectivity index (χ3n) is 2.78. The molecule has 4 nitrogen and oxygen atoms in total. The largest absolute Gasteiger partial charge is 0.330 e. The molecule has 2 N–H and O–H groups in total. The Morgan fingerprint density at radius 2 is 1.68 bits per heavy atom. The van der Waals surface area contributed by atoms with Crippen LogP contribution >= 0.6 is 0 Å². The highest BCUT2D eigenvalue weighted by Gasteiger charge is 2.06. The molecular formula is C14H17FN4. The molecule has 1 aromatic heterocycles. The first-order valence-corrected chi connectivity index (χ1v) is 6.33. The molecule has 0 radical (unpaired) electrons. The molecule has 2 aromatic rings. The van der Waals surface area contributed by atoms with Crippen molar-refractivity contribution >= 4 is 0 Å². The quantitative estimate of drug-likeness (QED) is 0.887. The van der Waals surface area contributed by atoms with E-state index in [1.807, 2.05) is 13.0 Å². The van der Waals surface area contributed by atoms with Gasteiger partial charge < -0.3 is 5.73 Å². The minimum Gasteiger partial charge on any atom is -0.330 e. The lowest BCUT2D eigenvalue weighted by Crippen LogP contribution is -2.11. The number of nitrogens with two attached hydrogens (primary N) is 1. The van der Waals surface area contributed by atoms with Crippen molar-refractivity contribution in [3.05, 3.63) is 53.1 Å². The molecule has 0 bridgehead atoms. The summed E-state index contributed by atoms with van der Waals surface area (Å²) in [4.78, 5) is 12.8. The van der Waals surface area contributed by atoms with Crippen LogP contribution in [0.4, 0.5) is 4.39 Å². The van der Waals surface area contributed by atoms with Gasteiger partial charge >= 0.3 is 0 Å². The fraction of sp³-hybridized carbons (Fsp3) is 0.357. The number of hydrogen-bond donors (Lipinski definition) is 1. The number of hydrogen-bond acceptors (Lipinski definition) is 4. The van der Waals surface area contributed by atoms with Crippen LogP contribution in [0.2, 0.25) is 0 Å². The Bertz CT molecular complexity index is 557. The molecule has 0 saturated carbocycles. The van der Waals surface area contributed by atoms with E-state index < -0.39 is 0 Å². The summed E-state index contributed by atoms with van der Waals surface area (Å²) in [6, 6.07) is 6.76. The lowest BCUT2D eigenvalue weighted by Gasteiger charge is -2.05. The maximum absolute atomic E-state index is 13.5. The van der Waals surface area contributed by atoms with Crippen LogP contribution in [0.5, 0.6) is 0 Å². The Labute approximate surface area is 111 Å². The molecule has 100 valence electrons. The maximum Gasteiger partial charge on any atom is 0.133 e. The topological polar surface area (TPSA) is 64.7 Å². The summed E-state index contributed by atoms with van der Waals surface area (Å²) >= 11 is 0. The van der Waals surface area contributed by atoms with Gasteiger partial charge in [-0.15, -0.1) is 0 Å². The standard InChI is InChI=1S/C14H17FN4/c1-10-17-13(19-14(18-10)8-9-16)7-6-11-4-2-3-5-12(11)15/h2-5H,6-9,16H2,1H3. The minimum atomic E-state index is -0.185. The van der Waals surface area contributed by atoms with Gasteiger partial charge in [0.25, 0.3) is 0 Å². The first-order chi connectivity index (χ1) is 9.19. The van der Waals surface area contributed by atoms with Crippen molar-refractivity contribution in [2.75, 3.05) is 6.54 Å². The molecule has 2 rings (SSSR count). The van der Waals surface area contributed by atoms with Crippen LogP contribution in [0.25, 0.3) is 0 Å². The highest BCUT2D eigenvalue weighted by molar-refractivity contribution is 5.18.